The van der Waals surface area contributed by atoms with E-state index >= 15 is 0 Å². The van der Waals surface area contributed by atoms with Crippen molar-refractivity contribution >= 4 is 47.6 Å². The Morgan fingerprint density at radius 2 is 2.00 bits per heavy atom. The van der Waals surface area contributed by atoms with Gasteiger partial charge < -0.3 is 22.1 Å². The number of carbonyl (C=O) groups is 1. The van der Waals surface area contributed by atoms with Crippen molar-refractivity contribution in [1.29, 1.82) is 0 Å². The number of primary amides is 1. The molecule has 0 spiro atoms. The molecule has 0 saturated heterocycles. The van der Waals surface area contributed by atoms with Crippen LogP contribution in [0.25, 0.3) is 0 Å². The van der Waals surface area contributed by atoms with Crippen molar-refractivity contribution in [3.63, 3.8) is 0 Å². The Morgan fingerprint density at radius 3 is 2.63 bits per heavy atom. The SMILES string of the molecule is NCc1cccc(Cl)c1N1C(N)=C(C(N)=O)SC1(S)Cc1cccc(F)c1. The van der Waals surface area contributed by atoms with Gasteiger partial charge in [-0.2, -0.15) is 0 Å². The van der Waals surface area contributed by atoms with Crippen LogP contribution < -0.4 is 22.1 Å². The smallest absolute Gasteiger partial charge is 0.258 e. The fourth-order valence-electron chi connectivity index (χ4n) is 3.03. The molecule has 9 heteroatoms. The molecule has 2 aromatic rings. The van der Waals surface area contributed by atoms with E-state index in [9.17, 15) is 9.18 Å². The molecule has 1 aliphatic heterocycles. The van der Waals surface area contributed by atoms with Gasteiger partial charge in [-0.25, -0.2) is 4.39 Å². The van der Waals surface area contributed by atoms with E-state index < -0.39 is 10.1 Å². The fraction of sp³-hybridized carbons (Fsp3) is 0.167. The van der Waals surface area contributed by atoms with E-state index in [1.165, 1.54) is 12.1 Å². The normalized spacial score (nSPS) is 19.6. The van der Waals surface area contributed by atoms with E-state index in [1.54, 1.807) is 29.2 Å². The molecule has 0 aromatic heterocycles. The van der Waals surface area contributed by atoms with Gasteiger partial charge in [0.15, 0.2) is 0 Å². The minimum atomic E-state index is -1.04. The summed E-state index contributed by atoms with van der Waals surface area (Å²) in [6.45, 7) is 0.208. The van der Waals surface area contributed by atoms with Gasteiger partial charge in [-0.05, 0) is 29.3 Å². The number of halogens is 2. The third-order valence-corrected chi connectivity index (χ3v) is 6.35. The van der Waals surface area contributed by atoms with E-state index in [-0.39, 0.29) is 29.5 Å². The molecule has 1 unspecified atom stereocenters. The predicted octanol–water partition coefficient (Wildman–Crippen LogP) is 2.93. The molecule has 5 nitrogen and oxygen atoms in total. The molecule has 0 aliphatic carbocycles. The highest BCUT2D eigenvalue weighted by Gasteiger charge is 2.46. The maximum Gasteiger partial charge on any atom is 0.258 e. The first kappa shape index (κ1) is 19.9. The van der Waals surface area contributed by atoms with E-state index in [0.717, 1.165) is 17.3 Å². The number of nitrogens with zero attached hydrogens (tertiary/aromatic N) is 1. The minimum Gasteiger partial charge on any atom is -0.384 e. The summed E-state index contributed by atoms with van der Waals surface area (Å²) in [4.78, 5) is 13.7. The Balaban J connectivity index is 2.15. The summed E-state index contributed by atoms with van der Waals surface area (Å²) in [7, 11) is 0. The summed E-state index contributed by atoms with van der Waals surface area (Å²) in [5.41, 5.74) is 19.6. The van der Waals surface area contributed by atoms with Gasteiger partial charge in [-0.1, -0.05) is 47.6 Å². The Morgan fingerprint density at radius 1 is 1.30 bits per heavy atom. The number of hydrogen-bond donors (Lipinski definition) is 4. The van der Waals surface area contributed by atoms with Gasteiger partial charge >= 0.3 is 0 Å². The second kappa shape index (κ2) is 7.63. The number of carbonyl (C=O) groups excluding carboxylic acids is 1. The summed E-state index contributed by atoms with van der Waals surface area (Å²) in [5.74, 6) is -0.892. The third-order valence-electron chi connectivity index (χ3n) is 4.15. The van der Waals surface area contributed by atoms with Crippen molar-refractivity contribution < 1.29 is 9.18 Å². The van der Waals surface area contributed by atoms with Crippen LogP contribution in [0.2, 0.25) is 5.02 Å². The number of anilines is 1. The van der Waals surface area contributed by atoms with Crippen molar-refractivity contribution in [2.45, 2.75) is 17.2 Å². The molecule has 0 bridgehead atoms. The molecule has 1 atom stereocenters. The Bertz CT molecular complexity index is 939. The van der Waals surface area contributed by atoms with Gasteiger partial charge in [0, 0.05) is 13.0 Å². The number of thioether (sulfide) groups is 1. The van der Waals surface area contributed by atoms with Crippen LogP contribution in [-0.4, -0.2) is 10.1 Å². The zero-order valence-electron chi connectivity index (χ0n) is 14.2. The van der Waals surface area contributed by atoms with Crippen LogP contribution in [0.1, 0.15) is 11.1 Å². The first-order chi connectivity index (χ1) is 12.8. The molecule has 0 fully saturated rings. The number of amides is 1. The molecule has 6 N–H and O–H groups in total. The second-order valence-electron chi connectivity index (χ2n) is 6.02. The van der Waals surface area contributed by atoms with Gasteiger partial charge in [0.05, 0.1) is 10.7 Å². The van der Waals surface area contributed by atoms with Crippen LogP contribution in [0, 0.1) is 5.82 Å². The molecular weight excluding hydrogens is 407 g/mol. The van der Waals surface area contributed by atoms with Gasteiger partial charge in [0.1, 0.15) is 20.7 Å². The predicted molar refractivity (Wildman–Crippen MR) is 112 cm³/mol. The monoisotopic (exact) mass is 424 g/mol. The molecule has 1 amide bonds. The van der Waals surface area contributed by atoms with Crippen LogP contribution in [0.15, 0.2) is 53.2 Å². The van der Waals surface area contributed by atoms with Crippen LogP contribution in [-0.2, 0) is 17.8 Å². The number of rotatable bonds is 5. The molecule has 0 radical (unpaired) electrons. The highest BCUT2D eigenvalue weighted by atomic mass is 35.5. The molecule has 27 heavy (non-hydrogen) atoms. The van der Waals surface area contributed by atoms with E-state index in [0.29, 0.717) is 16.3 Å². The lowest BCUT2D eigenvalue weighted by Gasteiger charge is -2.37. The average molecular weight is 425 g/mol. The topological polar surface area (TPSA) is 98.4 Å². The standard InChI is InChI=1S/C18H18ClFN4OS2/c19-13-6-2-4-11(9-21)14(13)24-16(22)15(17(23)25)27-18(24,26)8-10-3-1-5-12(20)7-10/h1-7,26H,8-9,21-22H2,(H2,23,25). The number of benzene rings is 2. The van der Waals surface area contributed by atoms with Crippen LogP contribution in [0.5, 0.6) is 0 Å². The first-order valence-electron chi connectivity index (χ1n) is 8.00. The molecule has 1 aliphatic rings. The Kier molecular flexibility index (Phi) is 5.62. The summed E-state index contributed by atoms with van der Waals surface area (Å²) in [5, 5.41) is 0.407. The highest BCUT2D eigenvalue weighted by Crippen LogP contribution is 2.53. The van der Waals surface area contributed by atoms with Gasteiger partial charge in [-0.15, -0.1) is 12.6 Å². The van der Waals surface area contributed by atoms with Crippen LogP contribution in [0.3, 0.4) is 0 Å². The van der Waals surface area contributed by atoms with Gasteiger partial charge in [0.2, 0.25) is 0 Å². The van der Waals surface area contributed by atoms with Crippen LogP contribution >= 0.6 is 36.0 Å². The lowest BCUT2D eigenvalue weighted by molar-refractivity contribution is -0.113. The van der Waals surface area contributed by atoms with Crippen molar-refractivity contribution in [3.05, 3.63) is 75.2 Å². The number of hydrogen-bond acceptors (Lipinski definition) is 6. The number of thiol groups is 1. The van der Waals surface area contributed by atoms with Crippen LogP contribution in [0.4, 0.5) is 10.1 Å². The number of para-hydroxylation sites is 1. The lowest BCUT2D eigenvalue weighted by atomic mass is 10.1. The average Bonchev–Trinajstić information content (AvgIpc) is 2.86. The molecular formula is C18H18ClFN4OS2. The summed E-state index contributed by atoms with van der Waals surface area (Å²) >= 11 is 12.4. The van der Waals surface area contributed by atoms with Gasteiger partial charge in [-0.3, -0.25) is 4.79 Å². The maximum absolute atomic E-state index is 13.7. The fourth-order valence-corrected chi connectivity index (χ4v) is 5.11. The zero-order valence-corrected chi connectivity index (χ0v) is 16.6. The summed E-state index contributed by atoms with van der Waals surface area (Å²) in [6.07, 6.45) is 0.269. The summed E-state index contributed by atoms with van der Waals surface area (Å²) < 4.78 is 12.6. The quantitative estimate of drug-likeness (QED) is 0.553. The molecule has 0 saturated carbocycles. The van der Waals surface area contributed by atoms with E-state index in [4.69, 9.17) is 41.4 Å². The van der Waals surface area contributed by atoms with E-state index in [2.05, 4.69) is 0 Å². The largest absolute Gasteiger partial charge is 0.384 e. The van der Waals surface area contributed by atoms with E-state index in [1.807, 2.05) is 6.07 Å². The van der Waals surface area contributed by atoms with Crippen molar-refractivity contribution in [1.82, 2.24) is 0 Å². The third kappa shape index (κ3) is 3.75. The zero-order chi connectivity index (χ0) is 19.8. The van der Waals surface area contributed by atoms with Crippen molar-refractivity contribution in [3.8, 4) is 0 Å². The Hall–Kier alpha value is -1.87. The molecule has 142 valence electrons. The summed E-state index contributed by atoms with van der Waals surface area (Å²) in [6, 6.07) is 11.4. The lowest BCUT2D eigenvalue weighted by Crippen LogP contribution is -2.42. The second-order valence-corrected chi connectivity index (χ2v) is 8.75. The van der Waals surface area contributed by atoms with Gasteiger partial charge in [0.25, 0.3) is 5.91 Å². The highest BCUT2D eigenvalue weighted by molar-refractivity contribution is 8.15. The van der Waals surface area contributed by atoms with Crippen molar-refractivity contribution in [2.75, 3.05) is 4.90 Å². The molecule has 1 heterocycles. The molecule has 2 aromatic carbocycles. The first-order valence-corrected chi connectivity index (χ1v) is 9.64. The molecule has 3 rings (SSSR count). The maximum atomic E-state index is 13.7. The van der Waals surface area contributed by atoms with Crippen molar-refractivity contribution in [2.24, 2.45) is 17.2 Å². The minimum absolute atomic E-state index is 0.140. The Labute approximate surface area is 171 Å². The number of nitrogens with two attached hydrogens (primary N) is 3.